The van der Waals surface area contributed by atoms with Crippen molar-refractivity contribution >= 4 is 22.3 Å². The van der Waals surface area contributed by atoms with Gasteiger partial charge in [0.25, 0.3) is 11.2 Å². The van der Waals surface area contributed by atoms with Gasteiger partial charge < -0.3 is 9.88 Å². The van der Waals surface area contributed by atoms with E-state index in [1.165, 1.54) is 18.0 Å². The number of aromatic amines is 1. The third-order valence-electron chi connectivity index (χ3n) is 5.28. The molecule has 0 saturated carbocycles. The fraction of sp³-hybridized carbons (Fsp3) is 0.421. The molecule has 10 heteroatoms. The number of H-pyrrole nitrogens is 1. The third-order valence-corrected chi connectivity index (χ3v) is 5.28. The summed E-state index contributed by atoms with van der Waals surface area (Å²) in [7, 11) is 0. The van der Waals surface area contributed by atoms with Crippen molar-refractivity contribution in [3.8, 4) is 0 Å². The van der Waals surface area contributed by atoms with Gasteiger partial charge in [-0.05, 0) is 19.4 Å². The lowest BCUT2D eigenvalue weighted by molar-refractivity contribution is -0.384. The number of nitrogens with one attached hydrogen (secondary N) is 1. The molecule has 0 atom stereocenters. The molecule has 3 aromatic rings. The van der Waals surface area contributed by atoms with Crippen molar-refractivity contribution in [2.24, 2.45) is 0 Å². The Morgan fingerprint density at radius 2 is 2.10 bits per heavy atom. The first-order valence-corrected chi connectivity index (χ1v) is 9.69. The molecule has 1 N–H and O–H groups in total. The standard InChI is InChI=1S/C19H23N7O3/c1-2-25-12-14(10-22-25)11-23-4-3-5-24(7-6-23)17-9-16-15(8-18(17)26(28)29)19(27)21-13-20-16/h8-10,12-13H,2-7,11H2,1H3,(H,20,21,27). The summed E-state index contributed by atoms with van der Waals surface area (Å²) < 4.78 is 1.91. The first-order valence-electron chi connectivity index (χ1n) is 9.69. The summed E-state index contributed by atoms with van der Waals surface area (Å²) in [5, 5.41) is 16.2. The molecule has 10 nitrogen and oxygen atoms in total. The number of anilines is 1. The van der Waals surface area contributed by atoms with Crippen molar-refractivity contribution < 1.29 is 4.92 Å². The van der Waals surface area contributed by atoms with Crippen LogP contribution in [0.4, 0.5) is 11.4 Å². The maximum Gasteiger partial charge on any atom is 0.293 e. The molecule has 4 rings (SSSR count). The van der Waals surface area contributed by atoms with Crippen molar-refractivity contribution in [2.75, 3.05) is 31.1 Å². The second-order valence-corrected chi connectivity index (χ2v) is 7.17. The van der Waals surface area contributed by atoms with Crippen LogP contribution in [-0.2, 0) is 13.1 Å². The predicted molar refractivity (Wildman–Crippen MR) is 109 cm³/mol. The summed E-state index contributed by atoms with van der Waals surface area (Å²) in [6.07, 6.45) is 6.16. The lowest BCUT2D eigenvalue weighted by Gasteiger charge is -2.23. The smallest absolute Gasteiger partial charge is 0.293 e. The van der Waals surface area contributed by atoms with E-state index in [-0.39, 0.29) is 16.6 Å². The van der Waals surface area contributed by atoms with E-state index in [0.29, 0.717) is 24.3 Å². The molecule has 1 saturated heterocycles. The van der Waals surface area contributed by atoms with Gasteiger partial charge in [-0.2, -0.15) is 5.10 Å². The molecule has 2 aromatic heterocycles. The molecule has 0 unspecified atom stereocenters. The van der Waals surface area contributed by atoms with Crippen LogP contribution >= 0.6 is 0 Å². The Morgan fingerprint density at radius 1 is 1.24 bits per heavy atom. The van der Waals surface area contributed by atoms with Gasteiger partial charge in [0, 0.05) is 57.1 Å². The monoisotopic (exact) mass is 397 g/mol. The number of hydrogen-bond donors (Lipinski definition) is 1. The first-order chi connectivity index (χ1) is 14.0. The zero-order valence-corrected chi connectivity index (χ0v) is 16.2. The van der Waals surface area contributed by atoms with Gasteiger partial charge in [-0.3, -0.25) is 24.5 Å². The number of fused-ring (bicyclic) bond motifs is 1. The number of nitro groups is 1. The Bertz CT molecular complexity index is 1090. The van der Waals surface area contributed by atoms with E-state index in [1.807, 2.05) is 15.8 Å². The van der Waals surface area contributed by atoms with Crippen LogP contribution < -0.4 is 10.5 Å². The summed E-state index contributed by atoms with van der Waals surface area (Å²) in [5.74, 6) is 0. The number of aromatic nitrogens is 4. The van der Waals surface area contributed by atoms with Crippen LogP contribution in [-0.4, -0.2) is 55.8 Å². The molecule has 1 fully saturated rings. The largest absolute Gasteiger partial charge is 0.365 e. The lowest BCUT2D eigenvalue weighted by atomic mass is 10.1. The molecule has 0 bridgehead atoms. The number of nitro benzene ring substituents is 1. The minimum atomic E-state index is -0.428. The molecule has 0 radical (unpaired) electrons. The molecule has 3 heterocycles. The summed E-state index contributed by atoms with van der Waals surface area (Å²) in [5.41, 5.74) is 1.71. The quantitative estimate of drug-likeness (QED) is 0.515. The molecule has 152 valence electrons. The van der Waals surface area contributed by atoms with Gasteiger partial charge in [-0.15, -0.1) is 0 Å². The molecule has 29 heavy (non-hydrogen) atoms. The fourth-order valence-electron chi connectivity index (χ4n) is 3.78. The van der Waals surface area contributed by atoms with Crippen LogP contribution in [0, 0.1) is 10.1 Å². The van der Waals surface area contributed by atoms with Crippen molar-refractivity contribution in [2.45, 2.75) is 26.4 Å². The van der Waals surface area contributed by atoms with E-state index in [0.717, 1.165) is 32.6 Å². The zero-order chi connectivity index (χ0) is 20.4. The number of hydrogen-bond acceptors (Lipinski definition) is 7. The van der Waals surface area contributed by atoms with Gasteiger partial charge in [-0.1, -0.05) is 0 Å². The zero-order valence-electron chi connectivity index (χ0n) is 16.2. The summed E-state index contributed by atoms with van der Waals surface area (Å²) in [6.45, 7) is 6.78. The minimum Gasteiger partial charge on any atom is -0.365 e. The maximum atomic E-state index is 12.0. The Morgan fingerprint density at radius 3 is 2.86 bits per heavy atom. The van der Waals surface area contributed by atoms with Crippen molar-refractivity contribution in [3.05, 3.63) is 56.9 Å². The Labute approximate surface area is 166 Å². The molecule has 0 amide bonds. The SMILES string of the molecule is CCn1cc(CN2CCCN(c3cc4nc[nH]c(=O)c4cc3[N+](=O)[O-])CC2)cn1. The van der Waals surface area contributed by atoms with Crippen LogP contribution in [0.25, 0.3) is 10.9 Å². The normalized spacial score (nSPS) is 15.6. The van der Waals surface area contributed by atoms with E-state index in [1.54, 1.807) is 6.07 Å². The molecular weight excluding hydrogens is 374 g/mol. The topological polar surface area (TPSA) is 113 Å². The van der Waals surface area contributed by atoms with E-state index >= 15 is 0 Å². The van der Waals surface area contributed by atoms with Crippen molar-refractivity contribution in [1.82, 2.24) is 24.6 Å². The molecule has 0 spiro atoms. The van der Waals surface area contributed by atoms with Crippen molar-refractivity contribution in [1.29, 1.82) is 0 Å². The van der Waals surface area contributed by atoms with E-state index in [9.17, 15) is 14.9 Å². The highest BCUT2D eigenvalue weighted by atomic mass is 16.6. The predicted octanol–water partition coefficient (Wildman–Crippen LogP) is 1.76. The van der Waals surface area contributed by atoms with E-state index < -0.39 is 4.92 Å². The molecule has 0 aliphatic carbocycles. The highest BCUT2D eigenvalue weighted by Gasteiger charge is 2.24. The van der Waals surface area contributed by atoms with Gasteiger partial charge >= 0.3 is 0 Å². The van der Waals surface area contributed by atoms with Gasteiger partial charge in [0.2, 0.25) is 0 Å². The average molecular weight is 397 g/mol. The van der Waals surface area contributed by atoms with Gasteiger partial charge in [0.1, 0.15) is 5.69 Å². The highest BCUT2D eigenvalue weighted by molar-refractivity contribution is 5.87. The number of nitrogens with zero attached hydrogens (tertiary/aromatic N) is 6. The van der Waals surface area contributed by atoms with Gasteiger partial charge in [-0.25, -0.2) is 4.98 Å². The molecule has 1 aliphatic rings. The van der Waals surface area contributed by atoms with Crippen LogP contribution in [0.5, 0.6) is 0 Å². The Balaban J connectivity index is 1.57. The lowest BCUT2D eigenvalue weighted by Crippen LogP contribution is -2.30. The Hall–Kier alpha value is -3.27. The van der Waals surface area contributed by atoms with Crippen LogP contribution in [0.1, 0.15) is 18.9 Å². The summed E-state index contributed by atoms with van der Waals surface area (Å²) in [6, 6.07) is 2.99. The van der Waals surface area contributed by atoms with Crippen LogP contribution in [0.15, 0.2) is 35.6 Å². The van der Waals surface area contributed by atoms with Gasteiger partial charge in [0.05, 0.1) is 28.4 Å². The first kappa shape index (κ1) is 19.1. The molecular formula is C19H23N7O3. The van der Waals surface area contributed by atoms with E-state index in [4.69, 9.17) is 0 Å². The van der Waals surface area contributed by atoms with Crippen LogP contribution in [0.3, 0.4) is 0 Å². The summed E-state index contributed by atoms with van der Waals surface area (Å²) >= 11 is 0. The fourth-order valence-corrected chi connectivity index (χ4v) is 3.78. The second-order valence-electron chi connectivity index (χ2n) is 7.17. The molecule has 1 aliphatic heterocycles. The summed E-state index contributed by atoms with van der Waals surface area (Å²) in [4.78, 5) is 34.2. The van der Waals surface area contributed by atoms with Crippen LogP contribution in [0.2, 0.25) is 0 Å². The maximum absolute atomic E-state index is 12.0. The number of benzene rings is 1. The number of aryl methyl sites for hydroxylation is 1. The number of rotatable bonds is 5. The Kier molecular flexibility index (Phi) is 5.26. The van der Waals surface area contributed by atoms with Crippen molar-refractivity contribution in [3.63, 3.8) is 0 Å². The average Bonchev–Trinajstić information content (AvgIpc) is 3.04. The minimum absolute atomic E-state index is 0.0614. The third kappa shape index (κ3) is 3.97. The van der Waals surface area contributed by atoms with Gasteiger partial charge in [0.15, 0.2) is 0 Å². The van der Waals surface area contributed by atoms with E-state index in [2.05, 4.69) is 33.1 Å². The highest BCUT2D eigenvalue weighted by Crippen LogP contribution is 2.32. The molecule has 1 aromatic carbocycles. The second kappa shape index (κ2) is 8.00.